The molecule has 1 aliphatic rings. The van der Waals surface area contributed by atoms with Crippen LogP contribution in [0.15, 0.2) is 65.9 Å². The van der Waals surface area contributed by atoms with Crippen molar-refractivity contribution in [3.8, 4) is 0 Å². The topological polar surface area (TPSA) is 144 Å². The highest BCUT2D eigenvalue weighted by Gasteiger charge is 2.44. The van der Waals surface area contributed by atoms with Crippen molar-refractivity contribution in [1.82, 2.24) is 20.2 Å². The molecule has 44 heavy (non-hydrogen) atoms. The van der Waals surface area contributed by atoms with Gasteiger partial charge in [-0.2, -0.15) is 0 Å². The first-order valence-electron chi connectivity index (χ1n) is 14.3. The summed E-state index contributed by atoms with van der Waals surface area (Å²) < 4.78 is 15.5. The van der Waals surface area contributed by atoms with E-state index in [-0.39, 0.29) is 24.1 Å². The molecular weight excluding hydrogens is 566 g/mol. The van der Waals surface area contributed by atoms with Crippen LogP contribution in [0.2, 0.25) is 0 Å². The second-order valence-electron chi connectivity index (χ2n) is 12.6. The number of oxazole rings is 1. The van der Waals surface area contributed by atoms with Crippen LogP contribution < -0.4 is 10.2 Å². The number of benzene rings is 1. The SMILES string of the molecule is COC(=O)[C@H]1C[C@H](NC(=O)C(c2cccnc2)N(C(=O)c2cocn2)c2ccc(C(C)(C)C)cc2)CN1C(=O)OC(C)(C)C. The fraction of sp³-hybridized carbons (Fsp3) is 0.438. The number of amides is 3. The molecule has 1 unspecified atom stereocenters. The van der Waals surface area contributed by atoms with Gasteiger partial charge in [0.25, 0.3) is 5.91 Å². The number of rotatable bonds is 7. The molecule has 1 aromatic carbocycles. The van der Waals surface area contributed by atoms with Crippen molar-refractivity contribution in [3.05, 3.63) is 78.3 Å². The van der Waals surface area contributed by atoms with E-state index in [9.17, 15) is 19.2 Å². The van der Waals surface area contributed by atoms with E-state index >= 15 is 0 Å². The number of ether oxygens (including phenoxy) is 2. The summed E-state index contributed by atoms with van der Waals surface area (Å²) in [6.45, 7) is 11.4. The van der Waals surface area contributed by atoms with Gasteiger partial charge in [-0.25, -0.2) is 14.6 Å². The lowest BCUT2D eigenvalue weighted by Crippen LogP contribution is -2.48. The van der Waals surface area contributed by atoms with Crippen LogP contribution in [0.4, 0.5) is 10.5 Å². The van der Waals surface area contributed by atoms with Crippen LogP contribution in [0.25, 0.3) is 0 Å². The number of methoxy groups -OCH3 is 1. The van der Waals surface area contributed by atoms with E-state index in [2.05, 4.69) is 36.1 Å². The monoisotopic (exact) mass is 605 g/mol. The zero-order valence-electron chi connectivity index (χ0n) is 26.1. The van der Waals surface area contributed by atoms with Crippen molar-refractivity contribution in [2.45, 2.75) is 77.1 Å². The van der Waals surface area contributed by atoms with Gasteiger partial charge in [-0.1, -0.05) is 39.0 Å². The van der Waals surface area contributed by atoms with Crippen LogP contribution >= 0.6 is 0 Å². The lowest BCUT2D eigenvalue weighted by molar-refractivity contribution is -0.145. The summed E-state index contributed by atoms with van der Waals surface area (Å²) in [5.41, 5.74) is 0.999. The fourth-order valence-corrected chi connectivity index (χ4v) is 5.01. The van der Waals surface area contributed by atoms with Gasteiger partial charge < -0.3 is 19.2 Å². The van der Waals surface area contributed by atoms with E-state index in [0.29, 0.717) is 11.3 Å². The van der Waals surface area contributed by atoms with Crippen LogP contribution in [0.3, 0.4) is 0 Å². The number of hydrogen-bond acceptors (Lipinski definition) is 9. The Bertz CT molecular complexity index is 1460. The Morgan fingerprint density at radius 1 is 1.07 bits per heavy atom. The molecule has 12 heteroatoms. The molecule has 0 saturated carbocycles. The normalized spacial score (nSPS) is 17.5. The van der Waals surface area contributed by atoms with Crippen molar-refractivity contribution in [2.24, 2.45) is 0 Å². The molecule has 0 radical (unpaired) electrons. The minimum atomic E-state index is -1.19. The van der Waals surface area contributed by atoms with Crippen LogP contribution in [-0.4, -0.2) is 70.1 Å². The quantitative estimate of drug-likeness (QED) is 0.387. The molecule has 0 spiro atoms. The van der Waals surface area contributed by atoms with Crippen molar-refractivity contribution < 1.29 is 33.1 Å². The highest BCUT2D eigenvalue weighted by molar-refractivity contribution is 6.09. The van der Waals surface area contributed by atoms with Gasteiger partial charge in [-0.3, -0.25) is 24.4 Å². The molecule has 1 saturated heterocycles. The van der Waals surface area contributed by atoms with Gasteiger partial charge in [0.1, 0.15) is 23.9 Å². The van der Waals surface area contributed by atoms with Crippen LogP contribution in [0, 0.1) is 0 Å². The summed E-state index contributed by atoms with van der Waals surface area (Å²) in [6.07, 6.45) is 4.83. The number of nitrogens with one attached hydrogen (secondary N) is 1. The largest absolute Gasteiger partial charge is 0.467 e. The Morgan fingerprint density at radius 3 is 2.32 bits per heavy atom. The van der Waals surface area contributed by atoms with E-state index < -0.39 is 47.6 Å². The van der Waals surface area contributed by atoms with E-state index in [1.165, 1.54) is 29.4 Å². The van der Waals surface area contributed by atoms with E-state index in [4.69, 9.17) is 13.9 Å². The van der Waals surface area contributed by atoms with Crippen LogP contribution in [0.1, 0.15) is 75.6 Å². The average Bonchev–Trinajstić information content (AvgIpc) is 3.65. The Balaban J connectivity index is 1.72. The minimum Gasteiger partial charge on any atom is -0.467 e. The maximum absolute atomic E-state index is 14.2. The second kappa shape index (κ2) is 12.9. The zero-order valence-corrected chi connectivity index (χ0v) is 26.1. The molecule has 234 valence electrons. The lowest BCUT2D eigenvalue weighted by atomic mass is 9.87. The van der Waals surface area contributed by atoms with Gasteiger partial charge in [0.15, 0.2) is 12.1 Å². The lowest BCUT2D eigenvalue weighted by Gasteiger charge is -2.32. The predicted octanol–water partition coefficient (Wildman–Crippen LogP) is 4.42. The molecule has 1 N–H and O–H groups in total. The summed E-state index contributed by atoms with van der Waals surface area (Å²) in [4.78, 5) is 64.7. The third-order valence-electron chi connectivity index (χ3n) is 7.14. The Kier molecular flexibility index (Phi) is 9.41. The highest BCUT2D eigenvalue weighted by atomic mass is 16.6. The minimum absolute atomic E-state index is 0.00229. The molecule has 3 amide bonds. The molecule has 3 heterocycles. The molecule has 2 aromatic heterocycles. The van der Waals surface area contributed by atoms with Crippen LogP contribution in [-0.2, 0) is 24.5 Å². The first-order valence-corrected chi connectivity index (χ1v) is 14.3. The first-order chi connectivity index (χ1) is 20.7. The second-order valence-corrected chi connectivity index (χ2v) is 12.6. The maximum Gasteiger partial charge on any atom is 0.411 e. The van der Waals surface area contributed by atoms with Gasteiger partial charge in [-0.05, 0) is 49.9 Å². The van der Waals surface area contributed by atoms with Gasteiger partial charge in [0, 0.05) is 42.7 Å². The number of esters is 1. The molecule has 1 aliphatic heterocycles. The number of hydrogen-bond donors (Lipinski definition) is 1. The molecule has 0 aliphatic carbocycles. The summed E-state index contributed by atoms with van der Waals surface area (Å²) in [5.74, 6) is -1.74. The number of aromatic nitrogens is 2. The van der Waals surface area contributed by atoms with E-state index in [0.717, 1.165) is 12.0 Å². The third-order valence-corrected chi connectivity index (χ3v) is 7.14. The number of pyridine rings is 1. The molecule has 3 atom stereocenters. The number of anilines is 1. The maximum atomic E-state index is 14.2. The van der Waals surface area contributed by atoms with Gasteiger partial charge in [0.2, 0.25) is 5.91 Å². The predicted molar refractivity (Wildman–Crippen MR) is 161 cm³/mol. The number of carbonyl (C=O) groups excluding carboxylic acids is 4. The third kappa shape index (κ3) is 7.42. The molecular formula is C32H39N5O7. The number of likely N-dealkylation sites (tertiary alicyclic amines) is 1. The van der Waals surface area contributed by atoms with Gasteiger partial charge >= 0.3 is 12.1 Å². The van der Waals surface area contributed by atoms with Crippen molar-refractivity contribution in [3.63, 3.8) is 0 Å². The number of nitrogens with zero attached hydrogens (tertiary/aromatic N) is 4. The number of carbonyl (C=O) groups is 4. The summed E-state index contributed by atoms with van der Waals surface area (Å²) >= 11 is 0. The van der Waals surface area contributed by atoms with E-state index in [1.807, 2.05) is 12.1 Å². The molecule has 0 bridgehead atoms. The average molecular weight is 606 g/mol. The van der Waals surface area contributed by atoms with Crippen LogP contribution in [0.5, 0.6) is 0 Å². The van der Waals surface area contributed by atoms with E-state index in [1.54, 1.807) is 51.2 Å². The Labute approximate surface area is 256 Å². The standard InChI is InChI=1S/C32H39N5O7/c1-31(2,3)21-10-12-23(13-11-21)37(28(39)24-18-43-19-34-24)26(20-9-8-14-33-16-20)27(38)35-22-15-25(29(40)42-7)36(17-22)30(41)44-32(4,5)6/h8-14,16,18-19,22,25-26H,15,17H2,1-7H3,(H,35,38)/t22-,25+,26?/m0/s1. The van der Waals surface area contributed by atoms with Crippen molar-refractivity contribution in [2.75, 3.05) is 18.6 Å². The molecule has 12 nitrogen and oxygen atoms in total. The molecule has 4 rings (SSSR count). The Hall–Kier alpha value is -4.74. The van der Waals surface area contributed by atoms with Gasteiger partial charge in [-0.15, -0.1) is 0 Å². The fourth-order valence-electron chi connectivity index (χ4n) is 5.01. The summed E-state index contributed by atoms with van der Waals surface area (Å²) in [5, 5.41) is 2.96. The summed E-state index contributed by atoms with van der Waals surface area (Å²) in [7, 11) is 1.23. The van der Waals surface area contributed by atoms with Crippen molar-refractivity contribution in [1.29, 1.82) is 0 Å². The van der Waals surface area contributed by atoms with Gasteiger partial charge in [0.05, 0.1) is 7.11 Å². The smallest absolute Gasteiger partial charge is 0.411 e. The van der Waals surface area contributed by atoms with Crippen molar-refractivity contribution >= 4 is 29.6 Å². The Morgan fingerprint density at radius 2 is 1.77 bits per heavy atom. The molecule has 1 fully saturated rings. The zero-order chi connectivity index (χ0) is 32.2. The first kappa shape index (κ1) is 32.2. The highest BCUT2D eigenvalue weighted by Crippen LogP contribution is 2.32. The molecule has 3 aromatic rings. The summed E-state index contributed by atoms with van der Waals surface area (Å²) in [6, 6.07) is 7.94.